The van der Waals surface area contributed by atoms with E-state index in [4.69, 9.17) is 0 Å². The van der Waals surface area contributed by atoms with Crippen LogP contribution in [0, 0.1) is 5.92 Å². The molecule has 1 aliphatic rings. The summed E-state index contributed by atoms with van der Waals surface area (Å²) >= 11 is 0. The van der Waals surface area contributed by atoms with Crippen LogP contribution in [0.1, 0.15) is 32.8 Å². The number of nitrogens with one attached hydrogen (secondary N) is 1. The van der Waals surface area contributed by atoms with Gasteiger partial charge in [-0.1, -0.05) is 26.8 Å². The first-order valence-electron chi connectivity index (χ1n) is 7.57. The van der Waals surface area contributed by atoms with Crippen molar-refractivity contribution in [2.75, 3.05) is 19.6 Å². The topological polar surface area (TPSA) is 28.2 Å². The summed E-state index contributed by atoms with van der Waals surface area (Å²) in [6, 6.07) is 5.53. The lowest BCUT2D eigenvalue weighted by Gasteiger charge is -2.42. The van der Waals surface area contributed by atoms with E-state index in [1.54, 1.807) is 0 Å². The van der Waals surface area contributed by atoms with E-state index >= 15 is 0 Å². The molecule has 0 amide bonds. The molecule has 0 radical (unpaired) electrons. The van der Waals surface area contributed by atoms with Gasteiger partial charge in [0.15, 0.2) is 0 Å². The van der Waals surface area contributed by atoms with Gasteiger partial charge in [0.05, 0.1) is 0 Å². The van der Waals surface area contributed by atoms with Crippen LogP contribution in [0.2, 0.25) is 0 Å². The third-order valence-electron chi connectivity index (χ3n) is 4.21. The molecule has 1 saturated heterocycles. The van der Waals surface area contributed by atoms with Crippen molar-refractivity contribution < 1.29 is 0 Å². The quantitative estimate of drug-likeness (QED) is 0.882. The molecule has 0 aliphatic carbocycles. The number of aromatic nitrogens is 1. The van der Waals surface area contributed by atoms with Crippen molar-refractivity contribution in [1.29, 1.82) is 0 Å². The van der Waals surface area contributed by atoms with Crippen LogP contribution in [0.3, 0.4) is 0 Å². The van der Waals surface area contributed by atoms with E-state index in [0.29, 0.717) is 18.0 Å². The molecule has 106 valence electrons. The van der Waals surface area contributed by atoms with Crippen LogP contribution in [0.25, 0.3) is 0 Å². The molecule has 3 nitrogen and oxygen atoms in total. The molecule has 0 saturated carbocycles. The van der Waals surface area contributed by atoms with E-state index < -0.39 is 0 Å². The molecule has 3 heteroatoms. The lowest BCUT2D eigenvalue weighted by molar-refractivity contribution is 0.0985. The average molecular weight is 261 g/mol. The summed E-state index contributed by atoms with van der Waals surface area (Å²) < 4.78 is 0. The second-order valence-corrected chi connectivity index (χ2v) is 5.93. The second kappa shape index (κ2) is 7.01. The molecule has 1 aromatic heterocycles. The maximum Gasteiger partial charge on any atom is 0.0300 e. The van der Waals surface area contributed by atoms with Crippen molar-refractivity contribution in [3.63, 3.8) is 0 Å². The molecule has 1 aromatic rings. The summed E-state index contributed by atoms with van der Waals surface area (Å²) in [6.07, 6.45) is 6.16. The predicted molar refractivity (Wildman–Crippen MR) is 80.2 cm³/mol. The van der Waals surface area contributed by atoms with Crippen LogP contribution in [0.4, 0.5) is 0 Å². The standard InChI is InChI=1S/C16H27N3/c1-4-15-12-19(16(11-18-15)13(2)3)9-7-14-6-5-8-17-10-14/h5-6,8,10,13,15-16,18H,4,7,9,11-12H2,1-3H3. The summed E-state index contributed by atoms with van der Waals surface area (Å²) in [6.45, 7) is 10.4. The van der Waals surface area contributed by atoms with E-state index in [1.807, 2.05) is 18.5 Å². The maximum atomic E-state index is 4.20. The van der Waals surface area contributed by atoms with Gasteiger partial charge in [0, 0.05) is 44.1 Å². The summed E-state index contributed by atoms with van der Waals surface area (Å²) in [5.41, 5.74) is 1.34. The Morgan fingerprint density at radius 3 is 2.95 bits per heavy atom. The van der Waals surface area contributed by atoms with E-state index in [9.17, 15) is 0 Å². The highest BCUT2D eigenvalue weighted by molar-refractivity contribution is 5.09. The molecule has 2 heterocycles. The zero-order chi connectivity index (χ0) is 13.7. The minimum Gasteiger partial charge on any atom is -0.311 e. The fourth-order valence-corrected chi connectivity index (χ4v) is 2.91. The van der Waals surface area contributed by atoms with E-state index in [-0.39, 0.29) is 0 Å². The Kier molecular flexibility index (Phi) is 5.34. The van der Waals surface area contributed by atoms with Crippen LogP contribution in [0.15, 0.2) is 24.5 Å². The van der Waals surface area contributed by atoms with E-state index in [1.165, 1.54) is 18.5 Å². The van der Waals surface area contributed by atoms with Crippen molar-refractivity contribution in [1.82, 2.24) is 15.2 Å². The van der Waals surface area contributed by atoms with E-state index in [2.05, 4.69) is 42.0 Å². The van der Waals surface area contributed by atoms with Gasteiger partial charge in [0.2, 0.25) is 0 Å². The van der Waals surface area contributed by atoms with Crippen molar-refractivity contribution >= 4 is 0 Å². The van der Waals surface area contributed by atoms with Gasteiger partial charge in [-0.05, 0) is 30.4 Å². The SMILES string of the molecule is CCC1CN(CCc2cccnc2)C(C(C)C)CN1. The zero-order valence-corrected chi connectivity index (χ0v) is 12.5. The van der Waals surface area contributed by atoms with Gasteiger partial charge in [0.25, 0.3) is 0 Å². The monoisotopic (exact) mass is 261 g/mol. The van der Waals surface area contributed by atoms with Crippen molar-refractivity contribution in [2.24, 2.45) is 5.92 Å². The summed E-state index contributed by atoms with van der Waals surface area (Å²) in [5.74, 6) is 0.708. The summed E-state index contributed by atoms with van der Waals surface area (Å²) in [7, 11) is 0. The number of rotatable bonds is 5. The highest BCUT2D eigenvalue weighted by atomic mass is 15.2. The zero-order valence-electron chi connectivity index (χ0n) is 12.5. The molecule has 0 spiro atoms. The Balaban J connectivity index is 1.93. The fraction of sp³-hybridized carbons (Fsp3) is 0.688. The Hall–Kier alpha value is -0.930. The van der Waals surface area contributed by atoms with Gasteiger partial charge in [-0.15, -0.1) is 0 Å². The smallest absolute Gasteiger partial charge is 0.0300 e. The summed E-state index contributed by atoms with van der Waals surface area (Å²) in [4.78, 5) is 6.87. The molecular formula is C16H27N3. The van der Waals surface area contributed by atoms with Gasteiger partial charge in [-0.2, -0.15) is 0 Å². The summed E-state index contributed by atoms with van der Waals surface area (Å²) in [5, 5.41) is 3.67. The second-order valence-electron chi connectivity index (χ2n) is 5.93. The van der Waals surface area contributed by atoms with Gasteiger partial charge >= 0.3 is 0 Å². The number of hydrogen-bond acceptors (Lipinski definition) is 3. The van der Waals surface area contributed by atoms with Gasteiger partial charge < -0.3 is 5.32 Å². The Morgan fingerprint density at radius 2 is 2.32 bits per heavy atom. The van der Waals surface area contributed by atoms with Gasteiger partial charge in [-0.25, -0.2) is 0 Å². The molecule has 2 atom stereocenters. The van der Waals surface area contributed by atoms with Crippen LogP contribution < -0.4 is 5.32 Å². The average Bonchev–Trinajstić information content (AvgIpc) is 2.45. The molecule has 0 bridgehead atoms. The Morgan fingerprint density at radius 1 is 1.47 bits per heavy atom. The predicted octanol–water partition coefficient (Wildman–Crippen LogP) is 2.33. The van der Waals surface area contributed by atoms with Crippen LogP contribution in [-0.4, -0.2) is 41.6 Å². The lowest BCUT2D eigenvalue weighted by Crippen LogP contribution is -2.58. The lowest BCUT2D eigenvalue weighted by atomic mass is 9.97. The molecule has 1 N–H and O–H groups in total. The van der Waals surface area contributed by atoms with E-state index in [0.717, 1.165) is 19.5 Å². The van der Waals surface area contributed by atoms with Crippen molar-refractivity contribution in [3.8, 4) is 0 Å². The van der Waals surface area contributed by atoms with Gasteiger partial charge in [0.1, 0.15) is 0 Å². The number of nitrogens with zero attached hydrogens (tertiary/aromatic N) is 2. The third-order valence-corrected chi connectivity index (χ3v) is 4.21. The highest BCUT2D eigenvalue weighted by Crippen LogP contribution is 2.17. The van der Waals surface area contributed by atoms with Crippen LogP contribution >= 0.6 is 0 Å². The Bertz CT molecular complexity index is 364. The molecule has 2 unspecified atom stereocenters. The van der Waals surface area contributed by atoms with Crippen LogP contribution in [-0.2, 0) is 6.42 Å². The molecule has 1 fully saturated rings. The molecular weight excluding hydrogens is 234 g/mol. The van der Waals surface area contributed by atoms with Gasteiger partial charge in [-0.3, -0.25) is 9.88 Å². The Labute approximate surface area is 117 Å². The maximum absolute atomic E-state index is 4.20. The normalized spacial score (nSPS) is 24.8. The highest BCUT2D eigenvalue weighted by Gasteiger charge is 2.28. The molecule has 2 rings (SSSR count). The first kappa shape index (κ1) is 14.5. The number of pyridine rings is 1. The first-order valence-corrected chi connectivity index (χ1v) is 7.57. The third kappa shape index (κ3) is 4.02. The first-order chi connectivity index (χ1) is 9.20. The largest absolute Gasteiger partial charge is 0.311 e. The number of piperazine rings is 1. The van der Waals surface area contributed by atoms with Crippen LogP contribution in [0.5, 0.6) is 0 Å². The number of hydrogen-bond donors (Lipinski definition) is 1. The minimum atomic E-state index is 0.656. The van der Waals surface area contributed by atoms with Crippen molar-refractivity contribution in [2.45, 2.75) is 45.7 Å². The molecule has 19 heavy (non-hydrogen) atoms. The minimum absolute atomic E-state index is 0.656. The van der Waals surface area contributed by atoms with Crippen molar-refractivity contribution in [3.05, 3.63) is 30.1 Å². The molecule has 1 aliphatic heterocycles. The fourth-order valence-electron chi connectivity index (χ4n) is 2.91. The molecule has 0 aromatic carbocycles.